The first-order valence-corrected chi connectivity index (χ1v) is 7.81. The van der Waals surface area contributed by atoms with E-state index in [0.717, 1.165) is 36.5 Å². The minimum atomic E-state index is -1.10. The Morgan fingerprint density at radius 1 is 1.33 bits per heavy atom. The molecular formula is C15H16FNO3S. The van der Waals surface area contributed by atoms with Crippen molar-refractivity contribution in [3.63, 3.8) is 0 Å². The van der Waals surface area contributed by atoms with Gasteiger partial charge in [-0.2, -0.15) is 11.8 Å². The second kappa shape index (κ2) is 7.26. The van der Waals surface area contributed by atoms with Crippen molar-refractivity contribution in [3.8, 4) is 0 Å². The van der Waals surface area contributed by atoms with Crippen LogP contribution in [-0.4, -0.2) is 34.5 Å². The third kappa shape index (κ3) is 4.60. The molecule has 0 radical (unpaired) electrons. The molecule has 1 aromatic carbocycles. The molecule has 1 saturated heterocycles. The van der Waals surface area contributed by atoms with Crippen molar-refractivity contribution in [1.29, 1.82) is 0 Å². The monoisotopic (exact) mass is 309 g/mol. The quantitative estimate of drug-likeness (QED) is 0.839. The van der Waals surface area contributed by atoms with Gasteiger partial charge in [0.1, 0.15) is 5.82 Å². The van der Waals surface area contributed by atoms with Gasteiger partial charge in [-0.1, -0.05) is 6.07 Å². The van der Waals surface area contributed by atoms with Gasteiger partial charge in [0.25, 0.3) is 5.91 Å². The smallest absolute Gasteiger partial charge is 0.328 e. The van der Waals surface area contributed by atoms with Gasteiger partial charge >= 0.3 is 5.97 Å². The molecule has 112 valence electrons. The van der Waals surface area contributed by atoms with E-state index in [1.807, 2.05) is 11.8 Å². The number of rotatable bonds is 4. The van der Waals surface area contributed by atoms with Crippen molar-refractivity contribution in [1.82, 2.24) is 5.32 Å². The van der Waals surface area contributed by atoms with Crippen LogP contribution in [0.2, 0.25) is 0 Å². The molecule has 1 fully saturated rings. The Labute approximate surface area is 126 Å². The maximum Gasteiger partial charge on any atom is 0.328 e. The molecule has 21 heavy (non-hydrogen) atoms. The first kappa shape index (κ1) is 15.6. The van der Waals surface area contributed by atoms with E-state index in [-0.39, 0.29) is 11.6 Å². The lowest BCUT2D eigenvalue weighted by Gasteiger charge is -2.22. The normalized spacial score (nSPS) is 16.0. The topological polar surface area (TPSA) is 66.4 Å². The molecule has 1 aliphatic heterocycles. The first-order valence-electron chi connectivity index (χ1n) is 6.65. The van der Waals surface area contributed by atoms with E-state index in [1.165, 1.54) is 18.2 Å². The highest BCUT2D eigenvalue weighted by Gasteiger charge is 2.18. The van der Waals surface area contributed by atoms with Crippen molar-refractivity contribution in [2.45, 2.75) is 18.9 Å². The Morgan fingerprint density at radius 2 is 2.05 bits per heavy atom. The van der Waals surface area contributed by atoms with E-state index < -0.39 is 17.7 Å². The lowest BCUT2D eigenvalue weighted by Crippen LogP contribution is -2.37. The summed E-state index contributed by atoms with van der Waals surface area (Å²) in [7, 11) is 0. The number of amides is 1. The second-order valence-electron chi connectivity index (χ2n) is 4.77. The van der Waals surface area contributed by atoms with Crippen LogP contribution in [0.4, 0.5) is 4.39 Å². The van der Waals surface area contributed by atoms with Crippen LogP contribution in [0.3, 0.4) is 0 Å². The van der Waals surface area contributed by atoms with Crippen LogP contribution < -0.4 is 5.32 Å². The van der Waals surface area contributed by atoms with Crippen molar-refractivity contribution < 1.29 is 19.1 Å². The van der Waals surface area contributed by atoms with Crippen LogP contribution >= 0.6 is 11.8 Å². The molecule has 2 rings (SSSR count). The average Bonchev–Trinajstić information content (AvgIpc) is 2.46. The SMILES string of the molecule is O=C(O)/C=C/c1ccc(C(=O)NC2CCSCC2)c(F)c1. The fraction of sp³-hybridized carbons (Fsp3) is 0.333. The minimum absolute atomic E-state index is 0.0132. The van der Waals surface area contributed by atoms with Gasteiger partial charge < -0.3 is 10.4 Å². The largest absolute Gasteiger partial charge is 0.478 e. The number of carbonyl (C=O) groups excluding carboxylic acids is 1. The minimum Gasteiger partial charge on any atom is -0.478 e. The Bertz CT molecular complexity index is 568. The Hall–Kier alpha value is -1.82. The lowest BCUT2D eigenvalue weighted by molar-refractivity contribution is -0.131. The maximum absolute atomic E-state index is 13.9. The molecule has 0 aliphatic carbocycles. The summed E-state index contributed by atoms with van der Waals surface area (Å²) in [6.07, 6.45) is 4.01. The molecule has 0 saturated carbocycles. The molecule has 2 N–H and O–H groups in total. The summed E-state index contributed by atoms with van der Waals surface area (Å²) in [5.74, 6) is -0.158. The van der Waals surface area contributed by atoms with Gasteiger partial charge in [0.2, 0.25) is 0 Å². The number of carboxylic acid groups (broad SMARTS) is 1. The van der Waals surface area contributed by atoms with Crippen LogP contribution in [0.1, 0.15) is 28.8 Å². The third-order valence-electron chi connectivity index (χ3n) is 3.21. The molecule has 1 amide bonds. The highest BCUT2D eigenvalue weighted by molar-refractivity contribution is 7.99. The van der Waals surface area contributed by atoms with Gasteiger partial charge in [-0.3, -0.25) is 4.79 Å². The summed E-state index contributed by atoms with van der Waals surface area (Å²) in [5, 5.41) is 11.4. The maximum atomic E-state index is 13.9. The predicted octanol–water partition coefficient (Wildman–Crippen LogP) is 2.55. The van der Waals surface area contributed by atoms with E-state index in [0.29, 0.717) is 5.56 Å². The van der Waals surface area contributed by atoms with Gasteiger partial charge in [0, 0.05) is 12.1 Å². The fourth-order valence-electron chi connectivity index (χ4n) is 2.09. The Kier molecular flexibility index (Phi) is 5.38. The summed E-state index contributed by atoms with van der Waals surface area (Å²) in [4.78, 5) is 22.4. The zero-order valence-electron chi connectivity index (χ0n) is 11.3. The number of nitrogens with one attached hydrogen (secondary N) is 1. The molecule has 0 aromatic heterocycles. The molecule has 1 heterocycles. The Balaban J connectivity index is 2.05. The van der Waals surface area contributed by atoms with E-state index in [9.17, 15) is 14.0 Å². The summed E-state index contributed by atoms with van der Waals surface area (Å²) in [6.45, 7) is 0. The molecule has 6 heteroatoms. The Morgan fingerprint density at radius 3 is 2.67 bits per heavy atom. The number of halogens is 1. The molecular weight excluding hydrogens is 293 g/mol. The zero-order valence-corrected chi connectivity index (χ0v) is 12.2. The predicted molar refractivity (Wildman–Crippen MR) is 80.9 cm³/mol. The summed E-state index contributed by atoms with van der Waals surface area (Å²) in [6, 6.07) is 4.16. The van der Waals surface area contributed by atoms with Crippen LogP contribution in [-0.2, 0) is 4.79 Å². The highest BCUT2D eigenvalue weighted by Crippen LogP contribution is 2.18. The lowest BCUT2D eigenvalue weighted by atomic mass is 10.1. The van der Waals surface area contributed by atoms with Gasteiger partial charge in [-0.05, 0) is 48.1 Å². The number of hydrogen-bond donors (Lipinski definition) is 2. The van der Waals surface area contributed by atoms with Crippen LogP contribution in [0, 0.1) is 5.82 Å². The van der Waals surface area contributed by atoms with Crippen molar-refractivity contribution >= 4 is 29.7 Å². The summed E-state index contributed by atoms with van der Waals surface area (Å²) in [5.41, 5.74) is 0.390. The number of hydrogen-bond acceptors (Lipinski definition) is 3. The molecule has 1 aliphatic rings. The van der Waals surface area contributed by atoms with Crippen molar-refractivity contribution in [2.24, 2.45) is 0 Å². The number of carboxylic acids is 1. The van der Waals surface area contributed by atoms with E-state index >= 15 is 0 Å². The standard InChI is InChI=1S/C15H16FNO3S/c16-13-9-10(2-4-14(18)19)1-3-12(13)15(20)17-11-5-7-21-8-6-11/h1-4,9,11H,5-8H2,(H,17,20)(H,18,19)/b4-2+. The molecule has 0 unspecified atom stereocenters. The second-order valence-corrected chi connectivity index (χ2v) is 6.00. The summed E-state index contributed by atoms with van der Waals surface area (Å²) >= 11 is 1.85. The van der Waals surface area contributed by atoms with Crippen molar-refractivity contribution in [3.05, 3.63) is 41.2 Å². The van der Waals surface area contributed by atoms with Crippen LogP contribution in [0.25, 0.3) is 6.08 Å². The highest BCUT2D eigenvalue weighted by atomic mass is 32.2. The van der Waals surface area contributed by atoms with E-state index in [2.05, 4.69) is 5.32 Å². The number of aliphatic carboxylic acids is 1. The van der Waals surface area contributed by atoms with Gasteiger partial charge in [0.15, 0.2) is 0 Å². The molecule has 0 spiro atoms. The van der Waals surface area contributed by atoms with Gasteiger partial charge in [-0.15, -0.1) is 0 Å². The van der Waals surface area contributed by atoms with Gasteiger partial charge in [0.05, 0.1) is 5.56 Å². The number of thioether (sulfide) groups is 1. The molecule has 0 bridgehead atoms. The summed E-state index contributed by atoms with van der Waals surface area (Å²) < 4.78 is 13.9. The van der Waals surface area contributed by atoms with Crippen LogP contribution in [0.5, 0.6) is 0 Å². The first-order chi connectivity index (χ1) is 10.1. The van der Waals surface area contributed by atoms with Crippen LogP contribution in [0.15, 0.2) is 24.3 Å². The molecule has 0 atom stereocenters. The zero-order chi connectivity index (χ0) is 15.2. The molecule has 1 aromatic rings. The van der Waals surface area contributed by atoms with Crippen molar-refractivity contribution in [2.75, 3.05) is 11.5 Å². The number of carbonyl (C=O) groups is 2. The number of benzene rings is 1. The fourth-order valence-corrected chi connectivity index (χ4v) is 3.20. The van der Waals surface area contributed by atoms with E-state index in [1.54, 1.807) is 0 Å². The molecule has 4 nitrogen and oxygen atoms in total. The van der Waals surface area contributed by atoms with Gasteiger partial charge in [-0.25, -0.2) is 9.18 Å². The van der Waals surface area contributed by atoms with E-state index in [4.69, 9.17) is 5.11 Å². The third-order valence-corrected chi connectivity index (χ3v) is 4.26. The average molecular weight is 309 g/mol.